The van der Waals surface area contributed by atoms with Crippen molar-refractivity contribution in [1.82, 2.24) is 25.1 Å². The zero-order valence-corrected chi connectivity index (χ0v) is 18.8. The highest BCUT2D eigenvalue weighted by Crippen LogP contribution is 2.18. The lowest BCUT2D eigenvalue weighted by Gasteiger charge is -2.34. The molecule has 9 nitrogen and oxygen atoms in total. The summed E-state index contributed by atoms with van der Waals surface area (Å²) in [5.74, 6) is 1.35. The lowest BCUT2D eigenvalue weighted by molar-refractivity contribution is -0.131. The van der Waals surface area contributed by atoms with E-state index < -0.39 is 0 Å². The van der Waals surface area contributed by atoms with Crippen molar-refractivity contribution >= 4 is 23.5 Å². The quantitative estimate of drug-likeness (QED) is 0.588. The van der Waals surface area contributed by atoms with Crippen LogP contribution >= 0.6 is 11.6 Å². The predicted molar refractivity (Wildman–Crippen MR) is 119 cm³/mol. The van der Waals surface area contributed by atoms with Crippen LogP contribution in [0.1, 0.15) is 44.6 Å². The second-order valence-corrected chi connectivity index (χ2v) is 8.09. The number of rotatable bonds is 9. The fourth-order valence-electron chi connectivity index (χ4n) is 3.52. The molecule has 168 valence electrons. The number of anilines is 1. The van der Waals surface area contributed by atoms with E-state index in [1.165, 1.54) is 6.20 Å². The third kappa shape index (κ3) is 6.40. The van der Waals surface area contributed by atoms with Crippen molar-refractivity contribution in [3.8, 4) is 5.75 Å². The number of hydrogen-bond acceptors (Lipinski definition) is 7. The molecule has 2 aromatic rings. The van der Waals surface area contributed by atoms with E-state index in [4.69, 9.17) is 16.3 Å². The summed E-state index contributed by atoms with van der Waals surface area (Å²) in [7, 11) is 0. The minimum absolute atomic E-state index is 0.000299. The number of piperazine rings is 1. The molecule has 0 saturated carbocycles. The maximum atomic E-state index is 12.6. The van der Waals surface area contributed by atoms with Gasteiger partial charge in [0.2, 0.25) is 11.9 Å². The molecule has 0 aromatic carbocycles. The molecule has 10 heteroatoms. The van der Waals surface area contributed by atoms with E-state index in [2.05, 4.69) is 32.0 Å². The lowest BCUT2D eigenvalue weighted by Crippen LogP contribution is -2.49. The Hall–Kier alpha value is -2.68. The van der Waals surface area contributed by atoms with E-state index in [1.807, 2.05) is 4.90 Å². The fraction of sp³-hybridized carbons (Fsp3) is 0.571. The molecule has 1 amide bonds. The molecule has 1 fully saturated rings. The van der Waals surface area contributed by atoms with Crippen LogP contribution in [0.4, 0.5) is 5.95 Å². The van der Waals surface area contributed by atoms with Crippen LogP contribution in [0.3, 0.4) is 0 Å². The number of hydrogen-bond donors (Lipinski definition) is 1. The van der Waals surface area contributed by atoms with E-state index in [0.717, 1.165) is 25.7 Å². The van der Waals surface area contributed by atoms with Gasteiger partial charge in [0.25, 0.3) is 5.56 Å². The number of aromatic nitrogens is 4. The molecule has 1 aliphatic rings. The molecule has 0 radical (unpaired) electrons. The Morgan fingerprint density at radius 2 is 1.90 bits per heavy atom. The number of carbonyl (C=O) groups excluding carboxylic acids is 1. The first-order valence-electron chi connectivity index (χ1n) is 10.7. The average Bonchev–Trinajstić information content (AvgIpc) is 2.79. The first-order valence-corrected chi connectivity index (χ1v) is 11.1. The summed E-state index contributed by atoms with van der Waals surface area (Å²) in [6, 6.07) is 0. The van der Waals surface area contributed by atoms with Crippen LogP contribution in [0.5, 0.6) is 5.75 Å². The summed E-state index contributed by atoms with van der Waals surface area (Å²) in [4.78, 5) is 36.7. The Bertz CT molecular complexity index is 912. The van der Waals surface area contributed by atoms with Crippen LogP contribution in [-0.4, -0.2) is 63.3 Å². The van der Waals surface area contributed by atoms with Crippen molar-refractivity contribution in [3.05, 3.63) is 39.5 Å². The SMILES string of the molecule is CC[C@H](CCCCC(=O)N1CCN(c2ncc(Cl)cn2)CC1)Oc1cn[nH]c(=O)c1C. The maximum Gasteiger partial charge on any atom is 0.270 e. The van der Waals surface area contributed by atoms with Gasteiger partial charge in [-0.15, -0.1) is 0 Å². The monoisotopic (exact) mass is 448 g/mol. The minimum Gasteiger partial charge on any atom is -0.488 e. The van der Waals surface area contributed by atoms with Crippen LogP contribution in [0.2, 0.25) is 5.02 Å². The topological polar surface area (TPSA) is 104 Å². The number of nitrogens with zero attached hydrogens (tertiary/aromatic N) is 5. The molecule has 3 heterocycles. The van der Waals surface area contributed by atoms with Crippen molar-refractivity contribution in [1.29, 1.82) is 0 Å². The van der Waals surface area contributed by atoms with Crippen molar-refractivity contribution in [3.63, 3.8) is 0 Å². The largest absolute Gasteiger partial charge is 0.488 e. The van der Waals surface area contributed by atoms with E-state index in [0.29, 0.717) is 54.9 Å². The van der Waals surface area contributed by atoms with Gasteiger partial charge < -0.3 is 14.5 Å². The first kappa shape index (κ1) is 23.0. The normalized spacial score (nSPS) is 15.1. The van der Waals surface area contributed by atoms with Crippen LogP contribution < -0.4 is 15.2 Å². The molecule has 1 N–H and O–H groups in total. The standard InChI is InChI=1S/C21H29ClN6O3/c1-3-17(31-18-14-25-26-20(30)15(18)2)6-4-5-7-19(29)27-8-10-28(11-9-27)21-23-12-16(22)13-24-21/h12-14,17H,3-11H2,1-2H3,(H,26,30)/t17-/m1/s1. The van der Waals surface area contributed by atoms with Crippen LogP contribution in [-0.2, 0) is 4.79 Å². The molecule has 1 atom stereocenters. The smallest absolute Gasteiger partial charge is 0.270 e. The van der Waals surface area contributed by atoms with Crippen molar-refractivity contribution < 1.29 is 9.53 Å². The molecule has 0 aliphatic carbocycles. The van der Waals surface area contributed by atoms with Gasteiger partial charge in [-0.3, -0.25) is 9.59 Å². The molecular formula is C21H29ClN6O3. The third-order valence-electron chi connectivity index (χ3n) is 5.50. The Balaban J connectivity index is 1.37. The second-order valence-electron chi connectivity index (χ2n) is 7.65. The highest BCUT2D eigenvalue weighted by Gasteiger charge is 2.22. The summed E-state index contributed by atoms with van der Waals surface area (Å²) in [6.45, 7) is 6.53. The number of amides is 1. The molecule has 0 spiro atoms. The zero-order chi connectivity index (χ0) is 22.2. The minimum atomic E-state index is -0.235. The molecule has 1 aliphatic heterocycles. The van der Waals surface area contributed by atoms with Gasteiger partial charge >= 0.3 is 0 Å². The lowest BCUT2D eigenvalue weighted by atomic mass is 10.1. The Labute approximate surface area is 186 Å². The van der Waals surface area contributed by atoms with E-state index in [9.17, 15) is 9.59 Å². The fourth-order valence-corrected chi connectivity index (χ4v) is 3.62. The molecule has 3 rings (SSSR count). The van der Waals surface area contributed by atoms with E-state index >= 15 is 0 Å². The molecule has 1 saturated heterocycles. The number of halogens is 1. The summed E-state index contributed by atoms with van der Waals surface area (Å²) >= 11 is 5.84. The van der Waals surface area contributed by atoms with Crippen LogP contribution in [0, 0.1) is 6.92 Å². The Morgan fingerprint density at radius 1 is 1.19 bits per heavy atom. The van der Waals surface area contributed by atoms with Gasteiger partial charge in [0.05, 0.1) is 35.3 Å². The zero-order valence-electron chi connectivity index (χ0n) is 18.0. The summed E-state index contributed by atoms with van der Waals surface area (Å²) in [6.07, 6.45) is 8.60. The highest BCUT2D eigenvalue weighted by atomic mass is 35.5. The highest BCUT2D eigenvalue weighted by molar-refractivity contribution is 6.30. The number of nitrogens with one attached hydrogen (secondary N) is 1. The van der Waals surface area contributed by atoms with Gasteiger partial charge in [0.15, 0.2) is 0 Å². The van der Waals surface area contributed by atoms with Gasteiger partial charge in [-0.1, -0.05) is 18.5 Å². The predicted octanol–water partition coefficient (Wildman–Crippen LogP) is 2.59. The van der Waals surface area contributed by atoms with Crippen LogP contribution in [0.25, 0.3) is 0 Å². The van der Waals surface area contributed by atoms with Gasteiger partial charge in [-0.25, -0.2) is 15.1 Å². The molecule has 2 aromatic heterocycles. The van der Waals surface area contributed by atoms with E-state index in [-0.39, 0.29) is 17.6 Å². The number of ether oxygens (including phenoxy) is 1. The van der Waals surface area contributed by atoms with Gasteiger partial charge in [-0.2, -0.15) is 5.10 Å². The van der Waals surface area contributed by atoms with Crippen molar-refractivity contribution in [2.45, 2.75) is 52.1 Å². The molecule has 31 heavy (non-hydrogen) atoms. The van der Waals surface area contributed by atoms with Crippen molar-refractivity contribution in [2.75, 3.05) is 31.1 Å². The molecular weight excluding hydrogens is 420 g/mol. The number of unbranched alkanes of at least 4 members (excludes halogenated alkanes) is 1. The third-order valence-corrected chi connectivity index (χ3v) is 5.69. The van der Waals surface area contributed by atoms with E-state index in [1.54, 1.807) is 19.3 Å². The number of carbonyl (C=O) groups is 1. The Morgan fingerprint density at radius 3 is 2.58 bits per heavy atom. The van der Waals surface area contributed by atoms with Gasteiger partial charge in [-0.05, 0) is 32.6 Å². The Kier molecular flexibility index (Phi) is 8.22. The average molecular weight is 449 g/mol. The summed E-state index contributed by atoms with van der Waals surface area (Å²) in [5, 5.41) is 6.71. The maximum absolute atomic E-state index is 12.6. The summed E-state index contributed by atoms with van der Waals surface area (Å²) in [5.41, 5.74) is 0.299. The second kappa shape index (κ2) is 11.1. The van der Waals surface area contributed by atoms with Gasteiger partial charge in [0.1, 0.15) is 5.75 Å². The first-order chi connectivity index (χ1) is 15.0. The molecule has 0 bridgehead atoms. The summed E-state index contributed by atoms with van der Waals surface area (Å²) < 4.78 is 5.96. The van der Waals surface area contributed by atoms with Crippen LogP contribution in [0.15, 0.2) is 23.4 Å². The number of aromatic amines is 1. The number of H-pyrrole nitrogens is 1. The molecule has 0 unspecified atom stereocenters. The van der Waals surface area contributed by atoms with Gasteiger partial charge in [0, 0.05) is 32.6 Å². The van der Waals surface area contributed by atoms with Crippen molar-refractivity contribution in [2.24, 2.45) is 0 Å².